The van der Waals surface area contributed by atoms with Crippen LogP contribution in [0.25, 0.3) is 11.0 Å². The molecular formula is C19H21ClN2O5. The lowest BCUT2D eigenvalue weighted by Gasteiger charge is -2.46. The van der Waals surface area contributed by atoms with Gasteiger partial charge in [0.2, 0.25) is 5.91 Å². The van der Waals surface area contributed by atoms with Gasteiger partial charge in [0, 0.05) is 36.1 Å². The van der Waals surface area contributed by atoms with Crippen molar-refractivity contribution in [3.8, 4) is 5.75 Å². The molecule has 2 aliphatic heterocycles. The topological polar surface area (TPSA) is 92.0 Å². The van der Waals surface area contributed by atoms with Crippen LogP contribution >= 0.6 is 11.6 Å². The number of benzene rings is 1. The third-order valence-electron chi connectivity index (χ3n) is 5.59. The van der Waals surface area contributed by atoms with Gasteiger partial charge in [-0.25, -0.2) is 0 Å². The van der Waals surface area contributed by atoms with Gasteiger partial charge in [0.05, 0.1) is 18.6 Å². The van der Waals surface area contributed by atoms with Crippen LogP contribution in [0.1, 0.15) is 29.8 Å². The number of carbonyl (C=O) groups excluding carboxylic acids is 2. The van der Waals surface area contributed by atoms with Crippen LogP contribution in [-0.2, 0) is 4.79 Å². The van der Waals surface area contributed by atoms with E-state index in [9.17, 15) is 14.7 Å². The molecule has 0 radical (unpaired) electrons. The largest absolute Gasteiger partial charge is 0.493 e. The van der Waals surface area contributed by atoms with Crippen LogP contribution in [0.3, 0.4) is 0 Å². The molecule has 2 fully saturated rings. The number of methoxy groups -OCH3 is 1. The minimum absolute atomic E-state index is 0.160. The zero-order valence-electron chi connectivity index (χ0n) is 15.0. The monoisotopic (exact) mass is 392 g/mol. The van der Waals surface area contributed by atoms with Crippen LogP contribution < -0.4 is 10.1 Å². The third kappa shape index (κ3) is 2.95. The van der Waals surface area contributed by atoms with E-state index in [1.54, 1.807) is 23.1 Å². The molecule has 4 rings (SSSR count). The molecule has 2 aromatic rings. The van der Waals surface area contributed by atoms with Crippen molar-refractivity contribution in [2.75, 3.05) is 26.7 Å². The summed E-state index contributed by atoms with van der Waals surface area (Å²) in [5, 5.41) is 14.5. The first kappa shape index (κ1) is 18.1. The number of carbonyl (C=O) groups is 2. The predicted octanol–water partition coefficient (Wildman–Crippen LogP) is 2.20. The normalized spacial score (nSPS) is 25.7. The van der Waals surface area contributed by atoms with Gasteiger partial charge in [0.25, 0.3) is 5.91 Å². The Morgan fingerprint density at radius 2 is 2.26 bits per heavy atom. The number of aliphatic hydroxyl groups is 1. The Hall–Kier alpha value is -2.25. The minimum Gasteiger partial charge on any atom is -0.493 e. The van der Waals surface area contributed by atoms with Gasteiger partial charge in [-0.15, -0.1) is 0 Å². The number of aliphatic hydroxyl groups excluding tert-OH is 1. The number of hydrogen-bond acceptors (Lipinski definition) is 5. The highest BCUT2D eigenvalue weighted by Crippen LogP contribution is 2.38. The molecule has 1 aromatic carbocycles. The summed E-state index contributed by atoms with van der Waals surface area (Å²) in [4.78, 5) is 27.1. The van der Waals surface area contributed by atoms with E-state index in [0.29, 0.717) is 47.7 Å². The molecule has 8 heteroatoms. The van der Waals surface area contributed by atoms with Crippen molar-refractivity contribution in [2.24, 2.45) is 5.41 Å². The van der Waals surface area contributed by atoms with E-state index in [4.69, 9.17) is 20.8 Å². The highest BCUT2D eigenvalue weighted by Gasteiger charge is 2.50. The maximum absolute atomic E-state index is 13.0. The Kier molecular flexibility index (Phi) is 4.52. The molecule has 0 bridgehead atoms. The lowest BCUT2D eigenvalue weighted by Crippen LogP contribution is -2.62. The maximum atomic E-state index is 13.0. The van der Waals surface area contributed by atoms with Crippen LogP contribution in [0.15, 0.2) is 22.6 Å². The summed E-state index contributed by atoms with van der Waals surface area (Å²) in [6.07, 6.45) is 0.948. The van der Waals surface area contributed by atoms with Crippen molar-refractivity contribution in [1.82, 2.24) is 10.2 Å². The number of hydrogen-bond donors (Lipinski definition) is 2. The highest BCUT2D eigenvalue weighted by atomic mass is 35.5. The van der Waals surface area contributed by atoms with E-state index in [0.717, 1.165) is 6.42 Å². The Morgan fingerprint density at radius 3 is 3.00 bits per heavy atom. The van der Waals surface area contributed by atoms with Gasteiger partial charge in [-0.05, 0) is 31.4 Å². The number of rotatable bonds is 2. The average molecular weight is 393 g/mol. The van der Waals surface area contributed by atoms with E-state index >= 15 is 0 Å². The SMILES string of the molecule is COc1cc(Cl)cc2cc(C(=O)N3CC[C@@H](O)[C@@]4(CCCNC4=O)C3)oc12. The summed E-state index contributed by atoms with van der Waals surface area (Å²) in [5.41, 5.74) is -0.494. The van der Waals surface area contributed by atoms with Gasteiger partial charge in [-0.2, -0.15) is 0 Å². The van der Waals surface area contributed by atoms with Gasteiger partial charge in [0.1, 0.15) is 0 Å². The van der Waals surface area contributed by atoms with Gasteiger partial charge in [-0.1, -0.05) is 11.6 Å². The first-order valence-electron chi connectivity index (χ1n) is 8.97. The first-order valence-corrected chi connectivity index (χ1v) is 9.35. The zero-order valence-corrected chi connectivity index (χ0v) is 15.7. The highest BCUT2D eigenvalue weighted by molar-refractivity contribution is 6.31. The smallest absolute Gasteiger partial charge is 0.289 e. The fourth-order valence-electron chi connectivity index (χ4n) is 4.12. The van der Waals surface area contributed by atoms with E-state index in [-0.39, 0.29) is 24.1 Å². The fraction of sp³-hybridized carbons (Fsp3) is 0.474. The minimum atomic E-state index is -0.945. The Labute approximate surface area is 161 Å². The quantitative estimate of drug-likeness (QED) is 0.817. The lowest BCUT2D eigenvalue weighted by molar-refractivity contribution is -0.147. The average Bonchev–Trinajstić information content (AvgIpc) is 3.08. The third-order valence-corrected chi connectivity index (χ3v) is 5.80. The molecule has 27 heavy (non-hydrogen) atoms. The number of furan rings is 1. The van der Waals surface area contributed by atoms with E-state index in [2.05, 4.69) is 5.32 Å². The van der Waals surface area contributed by atoms with Crippen molar-refractivity contribution in [3.05, 3.63) is 29.0 Å². The lowest BCUT2D eigenvalue weighted by atomic mass is 9.71. The first-order chi connectivity index (χ1) is 12.9. The van der Waals surface area contributed by atoms with Crippen molar-refractivity contribution >= 4 is 34.4 Å². The number of halogens is 1. The molecule has 0 saturated carbocycles. The molecule has 2 amide bonds. The maximum Gasteiger partial charge on any atom is 0.289 e. The second-order valence-electron chi connectivity index (χ2n) is 7.18. The molecule has 7 nitrogen and oxygen atoms in total. The molecular weight excluding hydrogens is 372 g/mol. The van der Waals surface area contributed by atoms with E-state index < -0.39 is 11.5 Å². The molecule has 2 aliphatic rings. The molecule has 0 unspecified atom stereocenters. The number of nitrogens with one attached hydrogen (secondary N) is 1. The van der Waals surface area contributed by atoms with Crippen molar-refractivity contribution in [3.63, 3.8) is 0 Å². The van der Waals surface area contributed by atoms with E-state index in [1.807, 2.05) is 0 Å². The van der Waals surface area contributed by atoms with E-state index in [1.165, 1.54) is 7.11 Å². The molecule has 2 atom stereocenters. The molecule has 1 aromatic heterocycles. The number of likely N-dealkylation sites (tertiary alicyclic amines) is 1. The fourth-order valence-corrected chi connectivity index (χ4v) is 4.33. The van der Waals surface area contributed by atoms with Gasteiger partial charge < -0.3 is 24.5 Å². The number of nitrogens with zero attached hydrogens (tertiary/aromatic N) is 1. The van der Waals surface area contributed by atoms with Crippen LogP contribution in [0.5, 0.6) is 5.75 Å². The number of piperidine rings is 2. The zero-order chi connectivity index (χ0) is 19.2. The second kappa shape index (κ2) is 6.73. The molecule has 144 valence electrons. The molecule has 2 N–H and O–H groups in total. The van der Waals surface area contributed by atoms with Crippen LogP contribution in [0.2, 0.25) is 5.02 Å². The number of amides is 2. The number of fused-ring (bicyclic) bond motifs is 1. The summed E-state index contributed by atoms with van der Waals surface area (Å²) < 4.78 is 11.0. The standard InChI is InChI=1S/C19H21ClN2O5/c1-26-13-9-12(20)7-11-8-14(27-16(11)13)17(24)22-6-3-15(23)19(10-22)4-2-5-21-18(19)25/h7-9,15,23H,2-6,10H2,1H3,(H,21,25)/t15-,19-/m1/s1. The van der Waals surface area contributed by atoms with Crippen molar-refractivity contribution < 1.29 is 23.8 Å². The van der Waals surface area contributed by atoms with Crippen LogP contribution in [0.4, 0.5) is 0 Å². The van der Waals surface area contributed by atoms with Crippen LogP contribution in [0, 0.1) is 5.41 Å². The van der Waals surface area contributed by atoms with Crippen molar-refractivity contribution in [2.45, 2.75) is 25.4 Å². The van der Waals surface area contributed by atoms with Gasteiger partial charge in [0.15, 0.2) is 17.1 Å². The molecule has 1 spiro atoms. The van der Waals surface area contributed by atoms with Gasteiger partial charge in [-0.3, -0.25) is 9.59 Å². The predicted molar refractivity (Wildman–Crippen MR) is 99.0 cm³/mol. The Balaban J connectivity index is 1.65. The number of ether oxygens (including phenoxy) is 1. The Morgan fingerprint density at radius 1 is 1.44 bits per heavy atom. The molecule has 0 aliphatic carbocycles. The van der Waals surface area contributed by atoms with Crippen LogP contribution in [-0.4, -0.2) is 54.7 Å². The summed E-state index contributed by atoms with van der Waals surface area (Å²) in [6, 6.07) is 4.96. The second-order valence-corrected chi connectivity index (χ2v) is 7.62. The summed E-state index contributed by atoms with van der Waals surface area (Å²) in [6.45, 7) is 1.14. The summed E-state index contributed by atoms with van der Waals surface area (Å²) in [5.74, 6) is 0.118. The Bertz CT molecular complexity index is 911. The summed E-state index contributed by atoms with van der Waals surface area (Å²) in [7, 11) is 1.51. The molecule has 2 saturated heterocycles. The molecule has 3 heterocycles. The van der Waals surface area contributed by atoms with Crippen molar-refractivity contribution in [1.29, 1.82) is 0 Å². The summed E-state index contributed by atoms with van der Waals surface area (Å²) >= 11 is 6.08. The van der Waals surface area contributed by atoms with Gasteiger partial charge >= 0.3 is 0 Å².